The number of Topliss-reactive ketones (excluding diaryl/α,β-unsaturated/α-hetero) is 2. The van der Waals surface area contributed by atoms with Gasteiger partial charge in [-0.05, 0) is 36.4 Å². The molecule has 0 fully saturated rings. The number of carbonyl (C=O) groups is 2. The van der Waals surface area contributed by atoms with E-state index in [0.29, 0.717) is 28.3 Å². The van der Waals surface area contributed by atoms with E-state index in [1.54, 1.807) is 60.9 Å². The van der Waals surface area contributed by atoms with Crippen LogP contribution in [0.25, 0.3) is 11.4 Å². The fourth-order valence-corrected chi connectivity index (χ4v) is 2.23. The number of hydrogen-bond donors (Lipinski definition) is 1. The van der Waals surface area contributed by atoms with Crippen molar-refractivity contribution in [1.82, 2.24) is 9.97 Å². The van der Waals surface area contributed by atoms with Gasteiger partial charge in [-0.15, -0.1) is 0 Å². The third-order valence-electron chi connectivity index (χ3n) is 3.29. The van der Waals surface area contributed by atoms with Crippen LogP contribution in [0.1, 0.15) is 20.7 Å². The van der Waals surface area contributed by atoms with Gasteiger partial charge in [-0.2, -0.15) is 0 Å². The molecule has 3 aromatic rings. The molecule has 5 nitrogen and oxygen atoms in total. The number of para-hydroxylation sites is 1. The molecule has 0 bridgehead atoms. The Kier molecular flexibility index (Phi) is 3.93. The number of nitrogens with zero attached hydrogens (tertiary/aromatic N) is 2. The fraction of sp³-hybridized carbons (Fsp3) is 0. The highest BCUT2D eigenvalue weighted by atomic mass is 16.3. The van der Waals surface area contributed by atoms with E-state index < -0.39 is 11.6 Å². The number of benzene rings is 1. The molecule has 0 spiro atoms. The Morgan fingerprint density at radius 2 is 1.13 bits per heavy atom. The Morgan fingerprint density at radius 1 is 0.652 bits per heavy atom. The number of phenolic OH excluding ortho intramolecular Hbond substituents is 1. The first-order valence-corrected chi connectivity index (χ1v) is 6.92. The number of phenols is 1. The quantitative estimate of drug-likeness (QED) is 0.646. The number of hydrogen-bond acceptors (Lipinski definition) is 5. The van der Waals surface area contributed by atoms with Gasteiger partial charge >= 0.3 is 0 Å². The number of aromatic nitrogens is 2. The van der Waals surface area contributed by atoms with Crippen LogP contribution < -0.4 is 0 Å². The minimum Gasteiger partial charge on any atom is -0.508 e. The number of rotatable bonds is 0. The number of fused-ring (bicyclic) bond motifs is 3. The largest absolute Gasteiger partial charge is 0.508 e. The van der Waals surface area contributed by atoms with Crippen LogP contribution in [-0.4, -0.2) is 26.6 Å². The van der Waals surface area contributed by atoms with E-state index in [-0.39, 0.29) is 0 Å². The van der Waals surface area contributed by atoms with E-state index in [2.05, 4.69) is 9.97 Å². The van der Waals surface area contributed by atoms with E-state index in [1.807, 2.05) is 6.07 Å². The zero-order valence-electron chi connectivity index (χ0n) is 12.0. The maximum atomic E-state index is 11.8. The molecule has 2 heterocycles. The Balaban J connectivity index is 0.000000188. The molecule has 0 unspecified atom stereocenters. The van der Waals surface area contributed by atoms with Crippen LogP contribution in [0, 0.1) is 0 Å². The van der Waals surface area contributed by atoms with Crippen LogP contribution in [0.15, 0.2) is 67.0 Å². The molecule has 0 radical (unpaired) electrons. The van der Waals surface area contributed by atoms with Gasteiger partial charge in [0.1, 0.15) is 17.1 Å². The molecule has 112 valence electrons. The number of pyridine rings is 2. The van der Waals surface area contributed by atoms with Crippen LogP contribution >= 0.6 is 0 Å². The second-order valence-corrected chi connectivity index (χ2v) is 4.79. The predicted octanol–water partition coefficient (Wildman–Crippen LogP) is 2.91. The lowest BCUT2D eigenvalue weighted by Crippen LogP contribution is -2.22. The lowest BCUT2D eigenvalue weighted by molar-refractivity contribution is 0.0814. The summed E-state index contributed by atoms with van der Waals surface area (Å²) >= 11 is 0. The second-order valence-electron chi connectivity index (χ2n) is 4.79. The zero-order chi connectivity index (χ0) is 16.2. The van der Waals surface area contributed by atoms with Crippen molar-refractivity contribution < 1.29 is 14.7 Å². The molecular weight excluding hydrogens is 292 g/mol. The van der Waals surface area contributed by atoms with Gasteiger partial charge in [0.2, 0.25) is 11.6 Å². The molecule has 0 aliphatic heterocycles. The average Bonchev–Trinajstić information content (AvgIpc) is 2.61. The highest BCUT2D eigenvalue weighted by molar-refractivity contribution is 6.52. The molecule has 5 heteroatoms. The molecule has 2 aromatic heterocycles. The van der Waals surface area contributed by atoms with Crippen molar-refractivity contribution in [1.29, 1.82) is 0 Å². The van der Waals surface area contributed by atoms with Gasteiger partial charge in [-0.25, -0.2) is 0 Å². The van der Waals surface area contributed by atoms with Crippen LogP contribution in [0.4, 0.5) is 0 Å². The van der Waals surface area contributed by atoms with E-state index in [0.717, 1.165) is 0 Å². The molecule has 0 atom stereocenters. The van der Waals surface area contributed by atoms with Crippen molar-refractivity contribution in [3.8, 4) is 17.1 Å². The molecular formula is C18H12N2O3. The SMILES string of the molecule is O=C1C(=O)c2cccnc2-c2ncccc21.Oc1ccccc1. The van der Waals surface area contributed by atoms with Crippen molar-refractivity contribution in [2.75, 3.05) is 0 Å². The zero-order valence-corrected chi connectivity index (χ0v) is 12.0. The number of ketones is 2. The Morgan fingerprint density at radius 3 is 1.52 bits per heavy atom. The van der Waals surface area contributed by atoms with Crippen LogP contribution in [0.3, 0.4) is 0 Å². The van der Waals surface area contributed by atoms with Crippen molar-refractivity contribution >= 4 is 11.6 Å². The predicted molar refractivity (Wildman–Crippen MR) is 84.2 cm³/mol. The summed E-state index contributed by atoms with van der Waals surface area (Å²) in [5.41, 5.74) is 1.64. The number of aromatic hydroxyl groups is 1. The van der Waals surface area contributed by atoms with E-state index in [4.69, 9.17) is 5.11 Å². The summed E-state index contributed by atoms with van der Waals surface area (Å²) in [7, 11) is 0. The van der Waals surface area contributed by atoms with Crippen molar-refractivity contribution in [2.24, 2.45) is 0 Å². The van der Waals surface area contributed by atoms with E-state index >= 15 is 0 Å². The minimum atomic E-state index is -0.511. The first kappa shape index (κ1) is 14.6. The maximum Gasteiger partial charge on any atom is 0.235 e. The fourth-order valence-electron chi connectivity index (χ4n) is 2.23. The number of carbonyl (C=O) groups excluding carboxylic acids is 2. The topological polar surface area (TPSA) is 80.2 Å². The second kappa shape index (κ2) is 6.19. The molecule has 0 amide bonds. The first-order chi connectivity index (χ1) is 11.2. The summed E-state index contributed by atoms with van der Waals surface area (Å²) in [5, 5.41) is 8.63. The van der Waals surface area contributed by atoms with Gasteiger partial charge in [-0.1, -0.05) is 18.2 Å². The van der Waals surface area contributed by atoms with E-state index in [9.17, 15) is 9.59 Å². The average molecular weight is 304 g/mol. The third kappa shape index (κ3) is 2.85. The Bertz CT molecular complexity index is 821. The van der Waals surface area contributed by atoms with Crippen molar-refractivity contribution in [3.63, 3.8) is 0 Å². The molecule has 1 aliphatic rings. The monoisotopic (exact) mass is 304 g/mol. The van der Waals surface area contributed by atoms with Gasteiger partial charge in [0.05, 0.1) is 11.1 Å². The maximum absolute atomic E-state index is 11.8. The summed E-state index contributed by atoms with van der Waals surface area (Å²) in [6, 6.07) is 15.2. The first-order valence-electron chi connectivity index (χ1n) is 6.92. The van der Waals surface area contributed by atoms with Crippen LogP contribution in [-0.2, 0) is 0 Å². The highest BCUT2D eigenvalue weighted by Gasteiger charge is 2.31. The van der Waals surface area contributed by atoms with Gasteiger partial charge in [0, 0.05) is 12.4 Å². The normalized spacial score (nSPS) is 11.8. The molecule has 1 aliphatic carbocycles. The smallest absolute Gasteiger partial charge is 0.235 e. The van der Waals surface area contributed by atoms with Crippen molar-refractivity contribution in [3.05, 3.63) is 78.1 Å². The van der Waals surface area contributed by atoms with Gasteiger partial charge < -0.3 is 5.11 Å². The summed E-state index contributed by atoms with van der Waals surface area (Å²) in [6.07, 6.45) is 3.17. The molecule has 0 saturated carbocycles. The minimum absolute atomic E-state index is 0.322. The Hall–Kier alpha value is -3.34. The van der Waals surface area contributed by atoms with Crippen LogP contribution in [0.5, 0.6) is 5.75 Å². The highest BCUT2D eigenvalue weighted by Crippen LogP contribution is 2.29. The third-order valence-corrected chi connectivity index (χ3v) is 3.29. The summed E-state index contributed by atoms with van der Waals surface area (Å²) in [4.78, 5) is 31.7. The van der Waals surface area contributed by atoms with E-state index in [1.165, 1.54) is 0 Å². The van der Waals surface area contributed by atoms with Gasteiger partial charge in [0.15, 0.2) is 0 Å². The molecule has 0 saturated heterocycles. The molecule has 23 heavy (non-hydrogen) atoms. The van der Waals surface area contributed by atoms with Gasteiger partial charge in [-0.3, -0.25) is 19.6 Å². The molecule has 1 N–H and O–H groups in total. The lowest BCUT2D eigenvalue weighted by Gasteiger charge is -2.14. The summed E-state index contributed by atoms with van der Waals surface area (Å²) < 4.78 is 0. The molecule has 1 aromatic carbocycles. The van der Waals surface area contributed by atoms with Gasteiger partial charge in [0.25, 0.3) is 0 Å². The van der Waals surface area contributed by atoms with Crippen LogP contribution in [0.2, 0.25) is 0 Å². The van der Waals surface area contributed by atoms with Crippen molar-refractivity contribution in [2.45, 2.75) is 0 Å². The lowest BCUT2D eigenvalue weighted by atomic mass is 9.91. The molecule has 4 rings (SSSR count). The standard InChI is InChI=1S/C12H6N2O2.C6H6O/c15-11-7-3-1-5-13-9(7)10-8(12(11)16)4-2-6-14-10;7-6-4-2-1-3-5-6/h1-6H;1-5,7H. The summed E-state index contributed by atoms with van der Waals surface area (Å²) in [5.74, 6) is -0.699. The Labute approximate surface area is 132 Å². The summed E-state index contributed by atoms with van der Waals surface area (Å²) in [6.45, 7) is 0.